The summed E-state index contributed by atoms with van der Waals surface area (Å²) in [5.41, 5.74) is 1.22. The molecule has 0 aromatic heterocycles. The smallest absolute Gasteiger partial charge is 0.406 e. The molecule has 0 unspecified atom stereocenters. The van der Waals surface area contributed by atoms with Crippen molar-refractivity contribution in [2.75, 3.05) is 11.9 Å². The Hall–Kier alpha value is -3.03. The van der Waals surface area contributed by atoms with Crippen LogP contribution in [0.4, 0.5) is 18.9 Å². The van der Waals surface area contributed by atoms with Gasteiger partial charge in [-0.05, 0) is 48.5 Å². The second-order valence-corrected chi connectivity index (χ2v) is 7.17. The predicted molar refractivity (Wildman–Crippen MR) is 95.9 cm³/mol. The van der Waals surface area contributed by atoms with Crippen molar-refractivity contribution in [1.29, 1.82) is 0 Å². The maximum atomic E-state index is 12.1. The normalized spacial score (nSPS) is 11.3. The van der Waals surface area contributed by atoms with Gasteiger partial charge >= 0.3 is 6.36 Å². The highest BCUT2D eigenvalue weighted by Gasteiger charge is 2.31. The van der Waals surface area contributed by atoms with Crippen molar-refractivity contribution in [2.45, 2.75) is 18.2 Å². The van der Waals surface area contributed by atoms with E-state index < -0.39 is 22.1 Å². The van der Waals surface area contributed by atoms with Gasteiger partial charge in [0.1, 0.15) is 5.75 Å². The molecule has 28 heavy (non-hydrogen) atoms. The number of anilines is 1. The molecule has 0 saturated heterocycles. The van der Waals surface area contributed by atoms with E-state index in [0.717, 1.165) is 24.3 Å². The monoisotopic (exact) mass is 412 g/mol. The van der Waals surface area contributed by atoms with Gasteiger partial charge in [0.2, 0.25) is 15.9 Å². The van der Waals surface area contributed by atoms with E-state index in [2.05, 4.69) is 26.6 Å². The first kappa shape index (κ1) is 21.3. The molecule has 0 radical (unpaired) electrons. The molecule has 0 spiro atoms. The first-order valence-corrected chi connectivity index (χ1v) is 9.25. The van der Waals surface area contributed by atoms with E-state index >= 15 is 0 Å². The van der Waals surface area contributed by atoms with Crippen molar-refractivity contribution in [2.24, 2.45) is 0 Å². The highest BCUT2D eigenvalue weighted by Crippen LogP contribution is 2.23. The zero-order chi connectivity index (χ0) is 20.8. The fourth-order valence-corrected chi connectivity index (χ4v) is 2.94. The molecule has 2 aromatic rings. The van der Waals surface area contributed by atoms with Gasteiger partial charge in [0.05, 0.1) is 11.4 Å². The first-order chi connectivity index (χ1) is 13.0. The van der Waals surface area contributed by atoms with Gasteiger partial charge in [0.15, 0.2) is 0 Å². The lowest BCUT2D eigenvalue weighted by atomic mass is 10.2. The quantitative estimate of drug-likeness (QED) is 0.740. The van der Waals surface area contributed by atoms with E-state index in [-0.39, 0.29) is 17.3 Å². The average Bonchev–Trinajstić information content (AvgIpc) is 2.59. The lowest BCUT2D eigenvalue weighted by Crippen LogP contribution is -2.24. The van der Waals surface area contributed by atoms with Crippen LogP contribution in [0.2, 0.25) is 0 Å². The summed E-state index contributed by atoms with van der Waals surface area (Å²) >= 11 is 0. The number of carbonyl (C=O) groups excluding carboxylic acids is 1. The summed E-state index contributed by atoms with van der Waals surface area (Å²) in [7, 11) is -3.93. The van der Waals surface area contributed by atoms with Gasteiger partial charge in [0.25, 0.3) is 0 Å². The molecule has 0 atom stereocenters. The standard InChI is InChI=1S/C18H15F3N2O4S/c1-13(24)23-15-6-4-14(5-7-15)3-2-12-22-28(25,26)17-10-8-16(9-11-17)27-18(19,20)21/h4-11,22H,12H2,1H3,(H,23,24). The summed E-state index contributed by atoms with van der Waals surface area (Å²) in [4.78, 5) is 10.7. The number of carbonyl (C=O) groups is 1. The molecule has 2 aromatic carbocycles. The van der Waals surface area contributed by atoms with Gasteiger partial charge in [0, 0.05) is 18.2 Å². The van der Waals surface area contributed by atoms with Gasteiger partial charge in [-0.1, -0.05) is 11.8 Å². The largest absolute Gasteiger partial charge is 0.573 e. The number of sulfonamides is 1. The molecule has 0 saturated carbocycles. The van der Waals surface area contributed by atoms with Crippen LogP contribution in [0.1, 0.15) is 12.5 Å². The number of amides is 1. The number of ether oxygens (including phenoxy) is 1. The van der Waals surface area contributed by atoms with E-state index in [9.17, 15) is 26.4 Å². The van der Waals surface area contributed by atoms with Crippen LogP contribution in [0.25, 0.3) is 0 Å². The van der Waals surface area contributed by atoms with Crippen molar-refractivity contribution < 1.29 is 31.1 Å². The number of halogens is 3. The molecule has 0 aliphatic carbocycles. The maximum absolute atomic E-state index is 12.1. The Kier molecular flexibility index (Phi) is 6.66. The Bertz CT molecular complexity index is 990. The molecule has 0 bridgehead atoms. The van der Waals surface area contributed by atoms with Crippen molar-refractivity contribution in [3.63, 3.8) is 0 Å². The SMILES string of the molecule is CC(=O)Nc1ccc(C#CCNS(=O)(=O)c2ccc(OC(F)(F)F)cc2)cc1. The maximum Gasteiger partial charge on any atom is 0.573 e. The lowest BCUT2D eigenvalue weighted by Gasteiger charge is -2.09. The summed E-state index contributed by atoms with van der Waals surface area (Å²) in [6, 6.07) is 10.4. The zero-order valence-corrected chi connectivity index (χ0v) is 15.3. The molecule has 6 nitrogen and oxygen atoms in total. The fourth-order valence-electron chi connectivity index (χ4n) is 2.02. The van der Waals surface area contributed by atoms with Crippen molar-refractivity contribution in [3.8, 4) is 17.6 Å². The first-order valence-electron chi connectivity index (χ1n) is 7.77. The van der Waals surface area contributed by atoms with Gasteiger partial charge in [-0.15, -0.1) is 13.2 Å². The molecule has 2 N–H and O–H groups in total. The van der Waals surface area contributed by atoms with Crippen LogP contribution in [0, 0.1) is 11.8 Å². The average molecular weight is 412 g/mol. The molecule has 1 amide bonds. The Labute approximate surface area is 159 Å². The highest BCUT2D eigenvalue weighted by molar-refractivity contribution is 7.89. The molecule has 10 heteroatoms. The van der Waals surface area contributed by atoms with E-state index in [1.54, 1.807) is 24.3 Å². The molecule has 148 valence electrons. The molecule has 0 heterocycles. The molecular formula is C18H15F3N2O4S. The van der Waals surface area contributed by atoms with Crippen molar-refractivity contribution >= 4 is 21.6 Å². The number of hydrogen-bond donors (Lipinski definition) is 2. The second kappa shape index (κ2) is 8.77. The van der Waals surface area contributed by atoms with E-state index in [1.165, 1.54) is 6.92 Å². The van der Waals surface area contributed by atoms with Crippen LogP contribution < -0.4 is 14.8 Å². The van der Waals surface area contributed by atoms with Crippen LogP contribution in [-0.2, 0) is 14.8 Å². The number of alkyl halides is 3. The Morgan fingerprint density at radius 2 is 1.68 bits per heavy atom. The van der Waals surface area contributed by atoms with E-state index in [4.69, 9.17) is 0 Å². The Balaban J connectivity index is 1.95. The van der Waals surface area contributed by atoms with Gasteiger partial charge in [-0.2, -0.15) is 4.72 Å². The summed E-state index contributed by atoms with van der Waals surface area (Å²) in [6.45, 7) is 1.19. The summed E-state index contributed by atoms with van der Waals surface area (Å²) in [5, 5.41) is 2.60. The number of rotatable bonds is 5. The predicted octanol–water partition coefficient (Wildman–Crippen LogP) is 2.87. The van der Waals surface area contributed by atoms with Crippen LogP contribution in [0.15, 0.2) is 53.4 Å². The number of nitrogens with one attached hydrogen (secondary N) is 2. The third-order valence-electron chi connectivity index (χ3n) is 3.16. The third kappa shape index (κ3) is 6.94. The van der Waals surface area contributed by atoms with Crippen LogP contribution in [0.3, 0.4) is 0 Å². The van der Waals surface area contributed by atoms with Gasteiger partial charge in [-0.3, -0.25) is 4.79 Å². The van der Waals surface area contributed by atoms with E-state index in [0.29, 0.717) is 11.3 Å². The van der Waals surface area contributed by atoms with E-state index in [1.807, 2.05) is 0 Å². The van der Waals surface area contributed by atoms with Crippen molar-refractivity contribution in [1.82, 2.24) is 4.72 Å². The van der Waals surface area contributed by atoms with Crippen molar-refractivity contribution in [3.05, 3.63) is 54.1 Å². The lowest BCUT2D eigenvalue weighted by molar-refractivity contribution is -0.274. The number of benzene rings is 2. The highest BCUT2D eigenvalue weighted by atomic mass is 32.2. The number of hydrogen-bond acceptors (Lipinski definition) is 4. The topological polar surface area (TPSA) is 84.5 Å². The molecule has 0 fully saturated rings. The minimum absolute atomic E-state index is 0.198. The molecular weight excluding hydrogens is 397 g/mol. The van der Waals surface area contributed by atoms with Gasteiger partial charge in [-0.25, -0.2) is 8.42 Å². The Morgan fingerprint density at radius 3 is 2.21 bits per heavy atom. The Morgan fingerprint density at radius 1 is 1.07 bits per heavy atom. The van der Waals surface area contributed by atoms with Crippen LogP contribution in [-0.4, -0.2) is 27.2 Å². The second-order valence-electron chi connectivity index (χ2n) is 5.40. The summed E-state index contributed by atoms with van der Waals surface area (Å²) in [5.74, 6) is 4.66. The van der Waals surface area contributed by atoms with Crippen LogP contribution in [0.5, 0.6) is 5.75 Å². The minimum Gasteiger partial charge on any atom is -0.406 e. The van der Waals surface area contributed by atoms with Gasteiger partial charge < -0.3 is 10.1 Å². The summed E-state index contributed by atoms with van der Waals surface area (Å²) < 4.78 is 66.5. The molecule has 2 rings (SSSR count). The van der Waals surface area contributed by atoms with Crippen LogP contribution >= 0.6 is 0 Å². The third-order valence-corrected chi connectivity index (χ3v) is 4.57. The summed E-state index contributed by atoms with van der Waals surface area (Å²) in [6.07, 6.45) is -4.85. The molecule has 0 aliphatic rings. The fraction of sp³-hybridized carbons (Fsp3) is 0.167. The zero-order valence-electron chi connectivity index (χ0n) is 14.5. The molecule has 0 aliphatic heterocycles. The minimum atomic E-state index is -4.85.